The maximum absolute atomic E-state index is 12.4. The molecule has 0 amide bonds. The summed E-state index contributed by atoms with van der Waals surface area (Å²) in [5.74, 6) is 2.14. The minimum absolute atomic E-state index is 0.130. The van der Waals surface area contributed by atoms with Gasteiger partial charge in [0.25, 0.3) is 0 Å². The van der Waals surface area contributed by atoms with Gasteiger partial charge in [0, 0.05) is 43.7 Å². The second-order valence-corrected chi connectivity index (χ2v) is 12.6. The van der Waals surface area contributed by atoms with Crippen LogP contribution in [0.3, 0.4) is 0 Å². The van der Waals surface area contributed by atoms with Crippen molar-refractivity contribution in [3.8, 4) is 0 Å². The Labute approximate surface area is 198 Å². The summed E-state index contributed by atoms with van der Waals surface area (Å²) in [6.07, 6.45) is 12.3. The normalized spacial score (nSPS) is 48.0. The summed E-state index contributed by atoms with van der Waals surface area (Å²) in [6, 6.07) is 4.25. The standard InChI is InChI=1S/C28H42N2O3/c1-26-10-7-21(30-15-13-29-14-16-30)17-20(26)4-5-24-23(26)8-11-27(2)22(9-12-28(24,27)32)19-3-6-25(31)33-18-19/h3,6,18,20-24,29,32H,4-5,7-17H2,1-2H3/t20-,21?,22-,23?,24-,26+,27-,28+/m1/s1. The average molecular weight is 455 g/mol. The highest BCUT2D eigenvalue weighted by atomic mass is 16.4. The molecule has 1 aromatic rings. The van der Waals surface area contributed by atoms with Crippen LogP contribution in [-0.4, -0.2) is 47.8 Å². The number of piperazine rings is 1. The van der Waals surface area contributed by atoms with Crippen LogP contribution in [-0.2, 0) is 0 Å². The first-order valence-electron chi connectivity index (χ1n) is 13.6. The predicted molar refractivity (Wildman–Crippen MR) is 129 cm³/mol. The predicted octanol–water partition coefficient (Wildman–Crippen LogP) is 4.15. The number of nitrogens with zero attached hydrogens (tertiary/aromatic N) is 1. The monoisotopic (exact) mass is 454 g/mol. The molecule has 2 heterocycles. The summed E-state index contributed by atoms with van der Waals surface area (Å²) in [5.41, 5.74) is 0.462. The van der Waals surface area contributed by atoms with Crippen molar-refractivity contribution in [1.82, 2.24) is 10.2 Å². The van der Waals surface area contributed by atoms with Gasteiger partial charge in [-0.3, -0.25) is 4.90 Å². The van der Waals surface area contributed by atoms with E-state index in [0.717, 1.165) is 49.9 Å². The Bertz CT molecular complexity index is 921. The Hall–Kier alpha value is -1.17. The molecule has 5 aliphatic rings. The van der Waals surface area contributed by atoms with E-state index in [1.807, 2.05) is 6.07 Å². The van der Waals surface area contributed by atoms with Gasteiger partial charge in [0.2, 0.25) is 0 Å². The number of hydrogen-bond acceptors (Lipinski definition) is 5. The lowest BCUT2D eigenvalue weighted by Crippen LogP contribution is -2.62. The zero-order chi connectivity index (χ0) is 22.8. The highest BCUT2D eigenvalue weighted by Gasteiger charge is 2.67. The van der Waals surface area contributed by atoms with Crippen molar-refractivity contribution in [2.45, 2.75) is 89.2 Å². The van der Waals surface area contributed by atoms with Gasteiger partial charge in [-0.1, -0.05) is 13.8 Å². The van der Waals surface area contributed by atoms with E-state index in [0.29, 0.717) is 17.3 Å². The van der Waals surface area contributed by atoms with Crippen LogP contribution in [0.25, 0.3) is 0 Å². The molecule has 5 heteroatoms. The lowest BCUT2D eigenvalue weighted by atomic mass is 9.43. The molecule has 5 fully saturated rings. The van der Waals surface area contributed by atoms with E-state index in [1.54, 1.807) is 12.3 Å². The van der Waals surface area contributed by atoms with Gasteiger partial charge >= 0.3 is 5.63 Å². The first kappa shape index (κ1) is 22.3. The number of nitrogens with one attached hydrogen (secondary N) is 1. The van der Waals surface area contributed by atoms with Crippen molar-refractivity contribution >= 4 is 0 Å². The Morgan fingerprint density at radius 1 is 1.00 bits per heavy atom. The van der Waals surface area contributed by atoms with E-state index >= 15 is 0 Å². The maximum atomic E-state index is 12.4. The van der Waals surface area contributed by atoms with Gasteiger partial charge < -0.3 is 14.8 Å². The van der Waals surface area contributed by atoms with Gasteiger partial charge in [-0.05, 0) is 98.5 Å². The van der Waals surface area contributed by atoms with Crippen LogP contribution in [0.1, 0.15) is 83.1 Å². The molecule has 182 valence electrons. The van der Waals surface area contributed by atoms with Crippen molar-refractivity contribution in [3.63, 3.8) is 0 Å². The minimum atomic E-state index is -0.597. The van der Waals surface area contributed by atoms with Crippen LogP contribution < -0.4 is 10.9 Å². The molecule has 1 aromatic heterocycles. The smallest absolute Gasteiger partial charge is 0.335 e. The van der Waals surface area contributed by atoms with E-state index in [9.17, 15) is 9.90 Å². The number of fused-ring (bicyclic) bond motifs is 5. The molecule has 6 rings (SSSR count). The highest BCUT2D eigenvalue weighted by molar-refractivity contribution is 5.27. The Morgan fingerprint density at radius 3 is 2.58 bits per heavy atom. The molecule has 1 saturated heterocycles. The van der Waals surface area contributed by atoms with Gasteiger partial charge in [0.05, 0.1) is 11.9 Å². The first-order valence-corrected chi connectivity index (χ1v) is 13.6. The van der Waals surface area contributed by atoms with Crippen LogP contribution in [0.5, 0.6) is 0 Å². The topological polar surface area (TPSA) is 65.7 Å². The fourth-order valence-electron chi connectivity index (χ4n) is 9.68. The number of rotatable bonds is 2. The molecule has 4 saturated carbocycles. The third-order valence-electron chi connectivity index (χ3n) is 11.6. The summed E-state index contributed by atoms with van der Waals surface area (Å²) in [7, 11) is 0. The fraction of sp³-hybridized carbons (Fsp3) is 0.821. The highest BCUT2D eigenvalue weighted by Crippen LogP contribution is 2.70. The molecule has 0 bridgehead atoms. The Balaban J connectivity index is 1.24. The van der Waals surface area contributed by atoms with Crippen molar-refractivity contribution < 1.29 is 9.52 Å². The van der Waals surface area contributed by atoms with Crippen molar-refractivity contribution in [3.05, 3.63) is 34.4 Å². The van der Waals surface area contributed by atoms with E-state index in [2.05, 4.69) is 24.1 Å². The summed E-state index contributed by atoms with van der Waals surface area (Å²) >= 11 is 0. The Morgan fingerprint density at radius 2 is 1.82 bits per heavy atom. The summed E-state index contributed by atoms with van der Waals surface area (Å²) < 4.78 is 5.24. The average Bonchev–Trinajstić information content (AvgIpc) is 3.11. The fourth-order valence-corrected chi connectivity index (χ4v) is 9.68. The van der Waals surface area contributed by atoms with E-state index in [4.69, 9.17) is 4.42 Å². The molecular formula is C28H42N2O3. The molecular weight excluding hydrogens is 412 g/mol. The first-order chi connectivity index (χ1) is 15.8. The van der Waals surface area contributed by atoms with Crippen molar-refractivity contribution in [2.75, 3.05) is 26.2 Å². The molecule has 0 radical (unpaired) electrons. The van der Waals surface area contributed by atoms with Crippen LogP contribution in [0, 0.1) is 28.6 Å². The van der Waals surface area contributed by atoms with Gasteiger partial charge in [0.15, 0.2) is 0 Å². The second kappa shape index (κ2) is 7.93. The third-order valence-corrected chi connectivity index (χ3v) is 11.6. The van der Waals surface area contributed by atoms with Gasteiger partial charge in [-0.15, -0.1) is 0 Å². The van der Waals surface area contributed by atoms with Gasteiger partial charge in [-0.2, -0.15) is 0 Å². The Kier molecular flexibility index (Phi) is 5.36. The zero-order valence-corrected chi connectivity index (χ0v) is 20.5. The summed E-state index contributed by atoms with van der Waals surface area (Å²) in [6.45, 7) is 9.62. The van der Waals surface area contributed by atoms with Crippen LogP contribution in [0.4, 0.5) is 0 Å². The molecule has 5 nitrogen and oxygen atoms in total. The lowest BCUT2D eigenvalue weighted by Gasteiger charge is -2.64. The van der Waals surface area contributed by atoms with Gasteiger partial charge in [0.1, 0.15) is 0 Å². The molecule has 2 N–H and O–H groups in total. The van der Waals surface area contributed by atoms with Gasteiger partial charge in [-0.25, -0.2) is 4.79 Å². The number of aliphatic hydroxyl groups is 1. The molecule has 0 aromatic carbocycles. The maximum Gasteiger partial charge on any atom is 0.335 e. The summed E-state index contributed by atoms with van der Waals surface area (Å²) in [5, 5.41) is 15.9. The second-order valence-electron chi connectivity index (χ2n) is 12.6. The zero-order valence-electron chi connectivity index (χ0n) is 20.5. The van der Waals surface area contributed by atoms with Crippen molar-refractivity contribution in [2.24, 2.45) is 28.6 Å². The SMILES string of the molecule is C[C@]12CCC(N3CCNCC3)C[C@H]1CC[C@@H]1C2CC[C@]2(C)[C@@H](c3ccc(=O)oc3)CC[C@]12O. The van der Waals surface area contributed by atoms with Crippen LogP contribution >= 0.6 is 0 Å². The third kappa shape index (κ3) is 3.25. The van der Waals surface area contributed by atoms with E-state index < -0.39 is 5.60 Å². The van der Waals surface area contributed by atoms with Crippen LogP contribution in [0.2, 0.25) is 0 Å². The quantitative estimate of drug-likeness (QED) is 0.703. The molecule has 2 unspecified atom stereocenters. The minimum Gasteiger partial charge on any atom is -0.431 e. The lowest BCUT2D eigenvalue weighted by molar-refractivity contribution is -0.204. The molecule has 33 heavy (non-hydrogen) atoms. The van der Waals surface area contributed by atoms with E-state index in [1.165, 1.54) is 51.6 Å². The molecule has 1 aliphatic heterocycles. The van der Waals surface area contributed by atoms with Crippen molar-refractivity contribution in [1.29, 1.82) is 0 Å². The van der Waals surface area contributed by atoms with E-state index in [-0.39, 0.29) is 17.0 Å². The summed E-state index contributed by atoms with van der Waals surface area (Å²) in [4.78, 5) is 14.3. The molecule has 0 spiro atoms. The largest absolute Gasteiger partial charge is 0.431 e. The van der Waals surface area contributed by atoms with Crippen LogP contribution in [0.15, 0.2) is 27.6 Å². The molecule has 8 atom stereocenters. The number of hydrogen-bond donors (Lipinski definition) is 2. The molecule has 4 aliphatic carbocycles.